The highest BCUT2D eigenvalue weighted by molar-refractivity contribution is 7.17. The van der Waals surface area contributed by atoms with Crippen LogP contribution in [0.5, 0.6) is 0 Å². The Morgan fingerprint density at radius 2 is 2.10 bits per heavy atom. The molecule has 0 saturated carbocycles. The van der Waals surface area contributed by atoms with Gasteiger partial charge >= 0.3 is 5.97 Å². The molecule has 0 fully saturated rings. The van der Waals surface area contributed by atoms with Crippen molar-refractivity contribution in [1.29, 1.82) is 0 Å². The monoisotopic (exact) mass is 325 g/mol. The number of hydrogen-bond acceptors (Lipinski definition) is 4. The maximum atomic E-state index is 11.8. The number of fused-ring (bicyclic) bond motifs is 1. The predicted octanol–water partition coefficient (Wildman–Crippen LogP) is 3.04. The largest absolute Gasteiger partial charge is 0.502 e. The molecule has 1 amide bonds. The predicted molar refractivity (Wildman–Crippen MR) is 81.7 cm³/mol. The highest BCUT2D eigenvalue weighted by Crippen LogP contribution is 2.29. The molecule has 2 N–H and O–H groups in total. The summed E-state index contributed by atoms with van der Waals surface area (Å²) in [7, 11) is 1.53. The van der Waals surface area contributed by atoms with E-state index in [2.05, 4.69) is 0 Å². The van der Waals surface area contributed by atoms with Crippen LogP contribution in [0, 0.1) is 0 Å². The Hall–Kier alpha value is -2.05. The van der Waals surface area contributed by atoms with E-state index in [4.69, 9.17) is 21.8 Å². The molecule has 0 saturated heterocycles. The number of amides is 1. The fraction of sp³-hybridized carbons (Fsp3) is 0.143. The molecule has 21 heavy (non-hydrogen) atoms. The lowest BCUT2D eigenvalue weighted by Crippen LogP contribution is -2.25. The number of aliphatic hydroxyl groups excluding tert-OH is 1. The van der Waals surface area contributed by atoms with E-state index in [1.54, 1.807) is 6.07 Å². The lowest BCUT2D eigenvalue weighted by Gasteiger charge is -2.14. The quantitative estimate of drug-likeness (QED) is 0.669. The first-order valence-corrected chi connectivity index (χ1v) is 7.19. The molecule has 5 nitrogen and oxygen atoms in total. The minimum Gasteiger partial charge on any atom is -0.502 e. The summed E-state index contributed by atoms with van der Waals surface area (Å²) in [6.07, 6.45) is 0.684. The van der Waals surface area contributed by atoms with Gasteiger partial charge in [-0.3, -0.25) is 4.79 Å². The number of thiophene rings is 1. The van der Waals surface area contributed by atoms with Gasteiger partial charge in [0.25, 0.3) is 5.91 Å². The van der Waals surface area contributed by atoms with E-state index < -0.39 is 17.6 Å². The van der Waals surface area contributed by atoms with Crippen LogP contribution in [0.25, 0.3) is 10.1 Å². The van der Waals surface area contributed by atoms with E-state index in [9.17, 15) is 9.59 Å². The van der Waals surface area contributed by atoms with Gasteiger partial charge in [-0.15, -0.1) is 11.3 Å². The zero-order valence-corrected chi connectivity index (χ0v) is 12.6. The van der Waals surface area contributed by atoms with Gasteiger partial charge in [0.15, 0.2) is 0 Å². The second-order valence-corrected chi connectivity index (χ2v) is 5.78. The van der Waals surface area contributed by atoms with Crippen LogP contribution in [0.4, 0.5) is 0 Å². The van der Waals surface area contributed by atoms with Gasteiger partial charge in [0, 0.05) is 23.3 Å². The Bertz CT molecular complexity index is 738. The summed E-state index contributed by atoms with van der Waals surface area (Å²) >= 11 is 7.51. The number of rotatable bonds is 4. The summed E-state index contributed by atoms with van der Waals surface area (Å²) in [5.74, 6) is -3.11. The molecule has 0 bridgehead atoms. The van der Waals surface area contributed by atoms with Crippen molar-refractivity contribution in [3.63, 3.8) is 0 Å². The number of aliphatic carboxylic acids is 1. The Kier molecular flexibility index (Phi) is 4.50. The molecular formula is C14H12ClNO4S. The van der Waals surface area contributed by atoms with E-state index in [0.717, 1.165) is 15.6 Å². The number of carboxylic acid groups (broad SMARTS) is 1. The van der Waals surface area contributed by atoms with Crippen molar-refractivity contribution < 1.29 is 19.8 Å². The van der Waals surface area contributed by atoms with Gasteiger partial charge < -0.3 is 15.1 Å². The third kappa shape index (κ3) is 3.53. The normalized spacial score (nSPS) is 11.6. The molecule has 0 aliphatic heterocycles. The first kappa shape index (κ1) is 15.3. The minimum atomic E-state index is -1.54. The fourth-order valence-electron chi connectivity index (χ4n) is 1.80. The molecule has 0 radical (unpaired) electrons. The third-order valence-corrected chi connectivity index (χ3v) is 4.13. The maximum absolute atomic E-state index is 11.8. The van der Waals surface area contributed by atoms with E-state index >= 15 is 0 Å². The lowest BCUT2D eigenvalue weighted by molar-refractivity contribution is -0.136. The molecule has 1 aromatic carbocycles. The number of benzene rings is 1. The number of carbonyl (C=O) groups excluding carboxylic acids is 1. The molecule has 1 heterocycles. The van der Waals surface area contributed by atoms with Crippen LogP contribution < -0.4 is 0 Å². The fourth-order valence-corrected chi connectivity index (χ4v) is 2.91. The van der Waals surface area contributed by atoms with Crippen LogP contribution in [0.3, 0.4) is 0 Å². The molecule has 7 heteroatoms. The topological polar surface area (TPSA) is 77.8 Å². The van der Waals surface area contributed by atoms with Crippen molar-refractivity contribution in [1.82, 2.24) is 4.90 Å². The van der Waals surface area contributed by atoms with Crippen LogP contribution >= 0.6 is 22.9 Å². The lowest BCUT2D eigenvalue weighted by atomic mass is 10.1. The Balaban J connectivity index is 2.20. The second kappa shape index (κ2) is 6.15. The minimum absolute atomic E-state index is 0.294. The molecule has 0 unspecified atom stereocenters. The smallest absolute Gasteiger partial charge is 0.371 e. The summed E-state index contributed by atoms with van der Waals surface area (Å²) in [5, 5.41) is 21.1. The van der Waals surface area contributed by atoms with Gasteiger partial charge in [-0.1, -0.05) is 11.6 Å². The third-order valence-electron chi connectivity index (χ3n) is 2.88. The van der Waals surface area contributed by atoms with Crippen molar-refractivity contribution in [3.8, 4) is 0 Å². The average Bonchev–Trinajstić information content (AvgIpc) is 2.81. The Labute approximate surface area is 129 Å². The molecular weight excluding hydrogens is 314 g/mol. The van der Waals surface area contributed by atoms with Gasteiger partial charge in [0.1, 0.15) is 0 Å². The van der Waals surface area contributed by atoms with Crippen LogP contribution in [0.15, 0.2) is 35.4 Å². The molecule has 0 spiro atoms. The number of halogens is 1. The molecule has 2 rings (SSSR count). The highest BCUT2D eigenvalue weighted by Gasteiger charge is 2.13. The standard InChI is InChI=1S/C14H12ClNO4S/c1-16(13(18)5-11(17)14(19)20)6-8-7-21-12-3-2-9(15)4-10(8)12/h2-5,7,17H,6H2,1H3,(H,19,20)/b11-5-. The summed E-state index contributed by atoms with van der Waals surface area (Å²) < 4.78 is 1.05. The van der Waals surface area contributed by atoms with Gasteiger partial charge in [-0.25, -0.2) is 4.79 Å². The van der Waals surface area contributed by atoms with E-state index in [1.807, 2.05) is 17.5 Å². The average molecular weight is 326 g/mol. The molecule has 0 atom stereocenters. The van der Waals surface area contributed by atoms with E-state index in [0.29, 0.717) is 17.6 Å². The Morgan fingerprint density at radius 1 is 1.38 bits per heavy atom. The van der Waals surface area contributed by atoms with Gasteiger partial charge in [0.05, 0.1) is 6.08 Å². The SMILES string of the molecule is CN(Cc1csc2ccc(Cl)cc12)C(=O)/C=C(\O)C(=O)O. The molecule has 1 aromatic heterocycles. The first-order valence-electron chi connectivity index (χ1n) is 5.93. The van der Waals surface area contributed by atoms with Crippen molar-refractivity contribution in [2.75, 3.05) is 7.05 Å². The number of carbonyl (C=O) groups is 2. The number of aliphatic hydroxyl groups is 1. The van der Waals surface area contributed by atoms with Crippen molar-refractivity contribution in [2.24, 2.45) is 0 Å². The highest BCUT2D eigenvalue weighted by atomic mass is 35.5. The van der Waals surface area contributed by atoms with Gasteiger partial charge in [0.2, 0.25) is 5.76 Å². The first-order chi connectivity index (χ1) is 9.88. The summed E-state index contributed by atoms with van der Waals surface area (Å²) in [5.41, 5.74) is 0.913. The number of carboxylic acids is 1. The number of hydrogen-bond donors (Lipinski definition) is 2. The summed E-state index contributed by atoms with van der Waals surface area (Å²) in [4.78, 5) is 23.6. The zero-order valence-electron chi connectivity index (χ0n) is 11.0. The molecule has 0 aliphatic rings. The molecule has 110 valence electrons. The Morgan fingerprint density at radius 3 is 2.76 bits per heavy atom. The van der Waals surface area contributed by atoms with Crippen LogP contribution in [-0.4, -0.2) is 34.0 Å². The zero-order chi connectivity index (χ0) is 15.6. The number of nitrogens with zero attached hydrogens (tertiary/aromatic N) is 1. The summed E-state index contributed by atoms with van der Waals surface area (Å²) in [6, 6.07) is 5.53. The number of likely N-dealkylation sites (N-methyl/N-ethyl adjacent to an activating group) is 1. The maximum Gasteiger partial charge on any atom is 0.371 e. The summed E-state index contributed by atoms with van der Waals surface area (Å²) in [6.45, 7) is 0.294. The van der Waals surface area contributed by atoms with Crippen molar-refractivity contribution in [3.05, 3.63) is 46.0 Å². The van der Waals surface area contributed by atoms with E-state index in [-0.39, 0.29) is 0 Å². The molecule has 2 aromatic rings. The second-order valence-electron chi connectivity index (χ2n) is 4.43. The van der Waals surface area contributed by atoms with Crippen LogP contribution in [0.2, 0.25) is 5.02 Å². The van der Waals surface area contributed by atoms with Crippen LogP contribution in [-0.2, 0) is 16.1 Å². The van der Waals surface area contributed by atoms with Gasteiger partial charge in [-0.05, 0) is 34.5 Å². The van der Waals surface area contributed by atoms with Crippen molar-refractivity contribution >= 4 is 44.9 Å². The van der Waals surface area contributed by atoms with Crippen molar-refractivity contribution in [2.45, 2.75) is 6.54 Å². The van der Waals surface area contributed by atoms with E-state index in [1.165, 1.54) is 23.3 Å². The van der Waals surface area contributed by atoms with Crippen LogP contribution in [0.1, 0.15) is 5.56 Å². The van der Waals surface area contributed by atoms with Gasteiger partial charge in [-0.2, -0.15) is 0 Å². The molecule has 0 aliphatic carbocycles.